The number of aromatic hydroxyl groups is 1. The van der Waals surface area contributed by atoms with E-state index >= 15 is 0 Å². The van der Waals surface area contributed by atoms with Crippen LogP contribution in [0.25, 0.3) is 16.5 Å². The Bertz CT molecular complexity index is 1370. The maximum Gasteiger partial charge on any atom is 0.265 e. The van der Waals surface area contributed by atoms with Gasteiger partial charge in [0, 0.05) is 23.1 Å². The fourth-order valence-electron chi connectivity index (χ4n) is 3.55. The van der Waals surface area contributed by atoms with Gasteiger partial charge < -0.3 is 19.3 Å². The molecule has 7 nitrogen and oxygen atoms in total. The molecule has 4 aromatic rings. The summed E-state index contributed by atoms with van der Waals surface area (Å²) in [6, 6.07) is 19.4. The van der Waals surface area contributed by atoms with Crippen molar-refractivity contribution in [2.75, 3.05) is 21.3 Å². The lowest BCUT2D eigenvalue weighted by molar-refractivity contribution is 0.395. The molecule has 0 aliphatic carbocycles. The van der Waals surface area contributed by atoms with Crippen molar-refractivity contribution in [2.24, 2.45) is 4.99 Å². The fourth-order valence-corrected chi connectivity index (χ4v) is 3.55. The van der Waals surface area contributed by atoms with E-state index in [9.17, 15) is 9.90 Å². The van der Waals surface area contributed by atoms with Crippen LogP contribution in [0.5, 0.6) is 23.1 Å². The molecule has 0 aliphatic rings. The highest BCUT2D eigenvalue weighted by Gasteiger charge is 2.19. The Morgan fingerprint density at radius 2 is 1.53 bits per heavy atom. The first-order chi connectivity index (χ1) is 15.6. The largest absolute Gasteiger partial charge is 0.497 e. The van der Waals surface area contributed by atoms with E-state index < -0.39 is 0 Å². The quantitative estimate of drug-likeness (QED) is 0.456. The second-order valence-corrected chi connectivity index (χ2v) is 6.89. The normalized spacial score (nSPS) is 11.1. The zero-order chi connectivity index (χ0) is 22.7. The van der Waals surface area contributed by atoms with Crippen molar-refractivity contribution in [3.63, 3.8) is 0 Å². The lowest BCUT2D eigenvalue weighted by Gasteiger charge is -2.17. The van der Waals surface area contributed by atoms with Crippen LogP contribution in [0.1, 0.15) is 5.56 Å². The Morgan fingerprint density at radius 1 is 0.844 bits per heavy atom. The highest BCUT2D eigenvalue weighted by Crippen LogP contribution is 2.33. The van der Waals surface area contributed by atoms with Crippen LogP contribution in [-0.4, -0.2) is 37.2 Å². The second kappa shape index (κ2) is 8.85. The van der Waals surface area contributed by atoms with Crippen LogP contribution in [-0.2, 0) is 0 Å². The molecule has 1 aromatic heterocycles. The molecule has 3 aromatic carbocycles. The van der Waals surface area contributed by atoms with Crippen LogP contribution >= 0.6 is 0 Å². The van der Waals surface area contributed by atoms with Crippen molar-refractivity contribution in [1.82, 2.24) is 4.57 Å². The summed E-state index contributed by atoms with van der Waals surface area (Å²) < 4.78 is 17.3. The van der Waals surface area contributed by atoms with E-state index in [4.69, 9.17) is 14.2 Å². The van der Waals surface area contributed by atoms with Gasteiger partial charge in [0.25, 0.3) is 5.56 Å². The van der Waals surface area contributed by atoms with E-state index in [1.807, 2.05) is 12.1 Å². The molecule has 0 aliphatic heterocycles. The zero-order valence-corrected chi connectivity index (χ0v) is 17.9. The molecule has 4 rings (SSSR count). The van der Waals surface area contributed by atoms with Gasteiger partial charge >= 0.3 is 0 Å². The number of hydrogen-bond acceptors (Lipinski definition) is 6. The summed E-state index contributed by atoms with van der Waals surface area (Å²) >= 11 is 0. The van der Waals surface area contributed by atoms with Crippen LogP contribution in [0, 0.1) is 0 Å². The van der Waals surface area contributed by atoms with Crippen molar-refractivity contribution < 1.29 is 19.3 Å². The summed E-state index contributed by atoms with van der Waals surface area (Å²) in [5, 5.41) is 12.3. The van der Waals surface area contributed by atoms with Gasteiger partial charge in [-0.25, -0.2) is 4.57 Å². The number of aromatic nitrogens is 1. The van der Waals surface area contributed by atoms with Crippen molar-refractivity contribution >= 4 is 22.7 Å². The number of ether oxygens (including phenoxy) is 3. The number of pyridine rings is 1. The van der Waals surface area contributed by atoms with Crippen LogP contribution < -0.4 is 19.8 Å². The summed E-state index contributed by atoms with van der Waals surface area (Å²) in [6.07, 6.45) is 1.53. The Hall–Kier alpha value is -4.26. The summed E-state index contributed by atoms with van der Waals surface area (Å²) in [6.45, 7) is 0. The fraction of sp³-hybridized carbons (Fsp3) is 0.120. The highest BCUT2D eigenvalue weighted by atomic mass is 16.5. The number of benzene rings is 3. The molecule has 0 amide bonds. The predicted molar refractivity (Wildman–Crippen MR) is 125 cm³/mol. The molecule has 0 bridgehead atoms. The number of rotatable bonds is 6. The monoisotopic (exact) mass is 430 g/mol. The van der Waals surface area contributed by atoms with Gasteiger partial charge in [-0.05, 0) is 30.3 Å². The third kappa shape index (κ3) is 3.65. The second-order valence-electron chi connectivity index (χ2n) is 6.89. The van der Waals surface area contributed by atoms with Crippen molar-refractivity contribution in [3.05, 3.63) is 82.6 Å². The maximum absolute atomic E-state index is 13.4. The van der Waals surface area contributed by atoms with E-state index in [1.165, 1.54) is 25.0 Å². The number of aliphatic imine (C=N–C) groups is 1. The van der Waals surface area contributed by atoms with E-state index in [2.05, 4.69) is 4.99 Å². The molecular weight excluding hydrogens is 408 g/mol. The van der Waals surface area contributed by atoms with Gasteiger partial charge in [0.15, 0.2) is 0 Å². The van der Waals surface area contributed by atoms with Gasteiger partial charge in [0.05, 0.1) is 32.6 Å². The van der Waals surface area contributed by atoms with Crippen LogP contribution in [0.4, 0.5) is 5.69 Å². The number of para-hydroxylation sites is 2. The van der Waals surface area contributed by atoms with Gasteiger partial charge in [0.2, 0.25) is 5.88 Å². The van der Waals surface area contributed by atoms with Crippen molar-refractivity contribution in [3.8, 4) is 28.8 Å². The Labute approximate surface area is 184 Å². The van der Waals surface area contributed by atoms with Crippen molar-refractivity contribution in [2.45, 2.75) is 0 Å². The minimum Gasteiger partial charge on any atom is -0.497 e. The van der Waals surface area contributed by atoms with E-state index in [0.29, 0.717) is 45.0 Å². The number of methoxy groups -OCH3 is 3. The summed E-state index contributed by atoms with van der Waals surface area (Å²) in [5.41, 5.74) is 0.942. The molecule has 1 heterocycles. The van der Waals surface area contributed by atoms with Gasteiger partial charge in [-0.2, -0.15) is 0 Å². The summed E-state index contributed by atoms with van der Waals surface area (Å²) in [4.78, 5) is 17.9. The molecule has 0 saturated heterocycles. The average molecular weight is 430 g/mol. The lowest BCUT2D eigenvalue weighted by Crippen LogP contribution is -2.20. The zero-order valence-electron chi connectivity index (χ0n) is 17.9. The topological polar surface area (TPSA) is 82.3 Å². The van der Waals surface area contributed by atoms with Crippen LogP contribution in [0.2, 0.25) is 0 Å². The SMILES string of the molecule is COc1ccc(OC)c(-n2c(O)c(C=Nc3ccccc3OC)c3ccccc3c2=O)c1. The summed E-state index contributed by atoms with van der Waals surface area (Å²) in [7, 11) is 4.59. The predicted octanol–water partition coefficient (Wildman–Crippen LogP) is 4.47. The molecule has 0 saturated carbocycles. The lowest BCUT2D eigenvalue weighted by atomic mass is 10.1. The molecule has 162 valence electrons. The molecule has 1 N–H and O–H groups in total. The van der Waals surface area contributed by atoms with Gasteiger partial charge in [-0.3, -0.25) is 9.79 Å². The molecule has 0 radical (unpaired) electrons. The van der Waals surface area contributed by atoms with Crippen LogP contribution in [0.3, 0.4) is 0 Å². The first kappa shape index (κ1) is 21.0. The molecule has 0 fully saturated rings. The Balaban J connectivity index is 2.02. The minimum atomic E-state index is -0.390. The number of hydrogen-bond donors (Lipinski definition) is 1. The summed E-state index contributed by atoms with van der Waals surface area (Å²) in [5.74, 6) is 1.25. The number of nitrogens with zero attached hydrogens (tertiary/aromatic N) is 2. The third-order valence-electron chi connectivity index (χ3n) is 5.15. The molecule has 0 spiro atoms. The average Bonchev–Trinajstić information content (AvgIpc) is 2.84. The highest BCUT2D eigenvalue weighted by molar-refractivity contribution is 6.02. The first-order valence-electron chi connectivity index (χ1n) is 9.85. The molecule has 7 heteroatoms. The molecule has 0 atom stereocenters. The maximum atomic E-state index is 13.4. The molecule has 0 unspecified atom stereocenters. The van der Waals surface area contributed by atoms with Crippen LogP contribution in [0.15, 0.2) is 76.5 Å². The van der Waals surface area contributed by atoms with E-state index in [0.717, 1.165) is 0 Å². The van der Waals surface area contributed by atoms with Gasteiger partial charge in [0.1, 0.15) is 22.9 Å². The third-order valence-corrected chi connectivity index (χ3v) is 5.15. The minimum absolute atomic E-state index is 0.265. The van der Waals surface area contributed by atoms with E-state index in [1.54, 1.807) is 61.7 Å². The standard InChI is InChI=1S/C25H22N2O5/c1-30-16-12-13-23(32-3)21(14-16)27-24(28)18-9-5-4-8-17(18)19(25(27)29)15-26-20-10-6-7-11-22(20)31-2/h4-15,29H,1-3H3. The van der Waals surface area contributed by atoms with Gasteiger partial charge in [-0.1, -0.05) is 30.3 Å². The number of fused-ring (bicyclic) bond motifs is 1. The molecular formula is C25H22N2O5. The smallest absolute Gasteiger partial charge is 0.265 e. The van der Waals surface area contributed by atoms with Crippen molar-refractivity contribution in [1.29, 1.82) is 0 Å². The Kier molecular flexibility index (Phi) is 5.81. The first-order valence-corrected chi connectivity index (χ1v) is 9.85. The Morgan fingerprint density at radius 3 is 2.25 bits per heavy atom. The molecule has 32 heavy (non-hydrogen) atoms. The van der Waals surface area contributed by atoms with E-state index in [-0.39, 0.29) is 11.4 Å². The van der Waals surface area contributed by atoms with Gasteiger partial charge in [-0.15, -0.1) is 0 Å².